The lowest BCUT2D eigenvalue weighted by molar-refractivity contribution is -0.137. The molecule has 1 N–H and O–H groups in total. The zero-order valence-corrected chi connectivity index (χ0v) is 16.5. The van der Waals surface area contributed by atoms with Crippen LogP contribution in [0.25, 0.3) is 0 Å². The number of rotatable bonds is 6. The quantitative estimate of drug-likeness (QED) is 0.338. The van der Waals surface area contributed by atoms with E-state index in [2.05, 4.69) is 5.16 Å². The fourth-order valence-electron chi connectivity index (χ4n) is 2.16. The second kappa shape index (κ2) is 8.72. The summed E-state index contributed by atoms with van der Waals surface area (Å²) in [5.41, 5.74) is -7.86. The van der Waals surface area contributed by atoms with Crippen molar-refractivity contribution in [1.82, 2.24) is 0 Å². The third-order valence-corrected chi connectivity index (χ3v) is 4.98. The number of anilines is 1. The lowest BCUT2D eigenvalue weighted by Gasteiger charge is -2.16. The molecule has 5 nitrogen and oxygen atoms in total. The molecule has 2 aromatic carbocycles. The van der Waals surface area contributed by atoms with E-state index in [-0.39, 0.29) is 23.9 Å². The predicted molar refractivity (Wildman–Crippen MR) is 98.5 cm³/mol. The van der Waals surface area contributed by atoms with Gasteiger partial charge in [0.15, 0.2) is 0 Å². The van der Waals surface area contributed by atoms with Crippen molar-refractivity contribution >= 4 is 33.0 Å². The highest BCUT2D eigenvalue weighted by atomic mass is 35.5. The molecular weight excluding hydrogens is 462 g/mol. The number of hydrogen-bond acceptors (Lipinski definition) is 4. The van der Waals surface area contributed by atoms with E-state index >= 15 is 0 Å². The summed E-state index contributed by atoms with van der Waals surface area (Å²) in [5, 5.41) is 4.12. The average Bonchev–Trinajstić information content (AvgIpc) is 2.61. The molecule has 0 heterocycles. The standard InChI is InChI=1S/C17H13ClF6N2O3S/c1-10(25-29-9-11-2-5-13(18)6-3-11)14-7-4-12(16(19,20)21)8-15(14)26-30(27,28)17(22,23)24/h2-8,26H,9H2,1H3. The van der Waals surface area contributed by atoms with Gasteiger partial charge in [-0.2, -0.15) is 34.8 Å². The highest BCUT2D eigenvalue weighted by Crippen LogP contribution is 2.34. The van der Waals surface area contributed by atoms with E-state index < -0.39 is 33.0 Å². The van der Waals surface area contributed by atoms with E-state index in [0.717, 1.165) is 10.8 Å². The molecule has 0 aliphatic heterocycles. The molecule has 0 saturated heterocycles. The number of nitrogens with zero attached hydrogens (tertiary/aromatic N) is 1. The van der Waals surface area contributed by atoms with Crippen LogP contribution in [0.5, 0.6) is 0 Å². The molecule has 0 radical (unpaired) electrons. The monoisotopic (exact) mass is 474 g/mol. The average molecular weight is 475 g/mol. The molecule has 2 aromatic rings. The first kappa shape index (κ1) is 23.8. The molecule has 0 unspecified atom stereocenters. The third-order valence-electron chi connectivity index (χ3n) is 3.63. The molecule has 0 bridgehead atoms. The maximum absolute atomic E-state index is 12.9. The van der Waals surface area contributed by atoms with Crippen molar-refractivity contribution in [2.24, 2.45) is 5.16 Å². The van der Waals surface area contributed by atoms with Crippen molar-refractivity contribution in [3.05, 3.63) is 64.2 Å². The van der Waals surface area contributed by atoms with Crippen molar-refractivity contribution in [3.8, 4) is 0 Å². The minimum Gasteiger partial charge on any atom is -0.391 e. The highest BCUT2D eigenvalue weighted by molar-refractivity contribution is 7.93. The fraction of sp³-hybridized carbons (Fsp3) is 0.235. The number of oxime groups is 1. The Hall–Kier alpha value is -2.47. The van der Waals surface area contributed by atoms with Gasteiger partial charge in [0, 0.05) is 10.6 Å². The van der Waals surface area contributed by atoms with E-state index in [4.69, 9.17) is 16.4 Å². The van der Waals surface area contributed by atoms with Crippen LogP contribution >= 0.6 is 11.6 Å². The number of alkyl halides is 6. The molecule has 0 aromatic heterocycles. The van der Waals surface area contributed by atoms with Gasteiger partial charge in [0.25, 0.3) is 0 Å². The topological polar surface area (TPSA) is 67.8 Å². The van der Waals surface area contributed by atoms with Crippen molar-refractivity contribution in [2.75, 3.05) is 4.72 Å². The van der Waals surface area contributed by atoms with Crippen molar-refractivity contribution in [1.29, 1.82) is 0 Å². The molecule has 30 heavy (non-hydrogen) atoms. The molecule has 0 aliphatic rings. The number of benzene rings is 2. The SMILES string of the molecule is CC(=NOCc1ccc(Cl)cc1)c1ccc(C(F)(F)F)cc1NS(=O)(=O)C(F)(F)F. The Bertz CT molecular complexity index is 1030. The smallest absolute Gasteiger partial charge is 0.391 e. The molecular formula is C17H13ClF6N2O3S. The van der Waals surface area contributed by atoms with E-state index in [1.54, 1.807) is 24.3 Å². The number of hydrogen-bond donors (Lipinski definition) is 1. The molecule has 0 fully saturated rings. The summed E-state index contributed by atoms with van der Waals surface area (Å²) < 4.78 is 101. The Morgan fingerprint density at radius 3 is 2.20 bits per heavy atom. The molecule has 13 heteroatoms. The Morgan fingerprint density at radius 2 is 1.67 bits per heavy atom. The lowest BCUT2D eigenvalue weighted by atomic mass is 10.1. The van der Waals surface area contributed by atoms with E-state index in [0.29, 0.717) is 16.7 Å². The van der Waals surface area contributed by atoms with Gasteiger partial charge in [-0.1, -0.05) is 35.0 Å². The lowest BCUT2D eigenvalue weighted by Crippen LogP contribution is -2.30. The Labute approximate surface area is 172 Å². The number of sulfonamides is 1. The maximum atomic E-state index is 12.9. The molecule has 0 aliphatic carbocycles. The van der Waals surface area contributed by atoms with Gasteiger partial charge in [-0.15, -0.1) is 0 Å². The van der Waals surface area contributed by atoms with E-state index in [9.17, 15) is 34.8 Å². The molecule has 0 amide bonds. The van der Waals surface area contributed by atoms with Gasteiger partial charge in [-0.05, 0) is 36.8 Å². The van der Waals surface area contributed by atoms with Gasteiger partial charge in [0.2, 0.25) is 0 Å². The largest absolute Gasteiger partial charge is 0.516 e. The van der Waals surface area contributed by atoms with Crippen molar-refractivity contribution in [3.63, 3.8) is 0 Å². The van der Waals surface area contributed by atoms with Crippen LogP contribution in [0.4, 0.5) is 32.0 Å². The summed E-state index contributed by atoms with van der Waals surface area (Å²) in [6.45, 7) is 1.16. The summed E-state index contributed by atoms with van der Waals surface area (Å²) in [7, 11) is -5.96. The number of nitrogens with one attached hydrogen (secondary N) is 1. The second-order valence-corrected chi connectivity index (χ2v) is 8.00. The second-order valence-electron chi connectivity index (χ2n) is 5.89. The summed E-state index contributed by atoms with van der Waals surface area (Å²) >= 11 is 5.74. The van der Waals surface area contributed by atoms with Crippen LogP contribution in [-0.4, -0.2) is 19.6 Å². The molecule has 164 valence electrons. The van der Waals surface area contributed by atoms with Crippen LogP contribution in [0.15, 0.2) is 47.6 Å². The van der Waals surface area contributed by atoms with Gasteiger partial charge in [0.1, 0.15) is 6.61 Å². The molecule has 0 saturated carbocycles. The van der Waals surface area contributed by atoms with Gasteiger partial charge in [0.05, 0.1) is 17.0 Å². The van der Waals surface area contributed by atoms with Gasteiger partial charge in [-0.25, -0.2) is 0 Å². The fourth-order valence-corrected chi connectivity index (χ4v) is 2.86. The summed E-state index contributed by atoms with van der Waals surface area (Å²) in [5.74, 6) is 0. The predicted octanol–water partition coefficient (Wildman–Crippen LogP) is 5.56. The van der Waals surface area contributed by atoms with Crippen LogP contribution in [0, 0.1) is 0 Å². The van der Waals surface area contributed by atoms with Gasteiger partial charge in [-0.3, -0.25) is 4.72 Å². The molecule has 0 atom stereocenters. The normalized spacial score (nSPS) is 13.3. The number of halogens is 7. The van der Waals surface area contributed by atoms with Crippen molar-refractivity contribution in [2.45, 2.75) is 25.2 Å². The van der Waals surface area contributed by atoms with Crippen LogP contribution in [0.3, 0.4) is 0 Å². The highest BCUT2D eigenvalue weighted by Gasteiger charge is 2.46. The zero-order valence-electron chi connectivity index (χ0n) is 15.0. The molecule has 0 spiro atoms. The minimum atomic E-state index is -5.96. The first-order valence-electron chi connectivity index (χ1n) is 7.92. The first-order valence-corrected chi connectivity index (χ1v) is 9.78. The Morgan fingerprint density at radius 1 is 1.07 bits per heavy atom. The summed E-state index contributed by atoms with van der Waals surface area (Å²) in [6, 6.07) is 8.02. The van der Waals surface area contributed by atoms with Gasteiger partial charge < -0.3 is 4.84 Å². The van der Waals surface area contributed by atoms with Crippen molar-refractivity contribution < 1.29 is 39.6 Å². The minimum absolute atomic E-state index is 0.0707. The summed E-state index contributed by atoms with van der Waals surface area (Å²) in [6.07, 6.45) is -4.91. The van der Waals surface area contributed by atoms with Crippen LogP contribution in [0.1, 0.15) is 23.6 Å². The first-order chi connectivity index (χ1) is 13.7. The van der Waals surface area contributed by atoms with Gasteiger partial charge >= 0.3 is 21.7 Å². The maximum Gasteiger partial charge on any atom is 0.516 e. The van der Waals surface area contributed by atoms with Crippen LogP contribution < -0.4 is 4.72 Å². The third kappa shape index (κ3) is 6.02. The van der Waals surface area contributed by atoms with Crippen LogP contribution in [0.2, 0.25) is 5.02 Å². The van der Waals surface area contributed by atoms with Crippen LogP contribution in [-0.2, 0) is 27.6 Å². The van der Waals surface area contributed by atoms with E-state index in [1.165, 1.54) is 6.92 Å². The molecule has 2 rings (SSSR count). The summed E-state index contributed by atoms with van der Waals surface area (Å²) in [4.78, 5) is 5.05. The Kier molecular flexibility index (Phi) is 6.92. The van der Waals surface area contributed by atoms with E-state index in [1.807, 2.05) is 0 Å². The Balaban J connectivity index is 2.35. The zero-order chi connectivity index (χ0) is 22.7.